The zero-order valence-electron chi connectivity index (χ0n) is 19.7. The van der Waals surface area contributed by atoms with Crippen molar-refractivity contribution in [2.45, 2.75) is 37.9 Å². The third-order valence-corrected chi connectivity index (χ3v) is 6.27. The van der Waals surface area contributed by atoms with Gasteiger partial charge in [0.25, 0.3) is 0 Å². The lowest BCUT2D eigenvalue weighted by Gasteiger charge is -2.19. The van der Waals surface area contributed by atoms with Crippen molar-refractivity contribution in [2.75, 3.05) is 18.2 Å². The number of hydrogen-bond acceptors (Lipinski definition) is 6. The summed E-state index contributed by atoms with van der Waals surface area (Å²) in [6.07, 6.45) is 1.64. The lowest BCUT2D eigenvalue weighted by Crippen LogP contribution is -2.15. The Bertz CT molecular complexity index is 1240. The number of aromatic nitrogens is 3. The van der Waals surface area contributed by atoms with E-state index < -0.39 is 0 Å². The lowest BCUT2D eigenvalue weighted by molar-refractivity contribution is -0.113. The third kappa shape index (κ3) is 5.69. The van der Waals surface area contributed by atoms with Crippen LogP contribution in [0.2, 0.25) is 0 Å². The molecule has 1 amide bonds. The van der Waals surface area contributed by atoms with Crippen LogP contribution in [0.5, 0.6) is 5.75 Å². The highest BCUT2D eigenvalue weighted by Crippen LogP contribution is 2.28. The molecule has 34 heavy (non-hydrogen) atoms. The van der Waals surface area contributed by atoms with E-state index in [1.54, 1.807) is 19.4 Å². The van der Waals surface area contributed by atoms with E-state index in [-0.39, 0.29) is 17.1 Å². The molecule has 7 nitrogen and oxygen atoms in total. The molecular weight excluding hydrogens is 448 g/mol. The van der Waals surface area contributed by atoms with Crippen molar-refractivity contribution in [3.63, 3.8) is 0 Å². The molecule has 0 saturated heterocycles. The normalized spacial score (nSPS) is 11.4. The van der Waals surface area contributed by atoms with Gasteiger partial charge in [-0.25, -0.2) is 0 Å². The van der Waals surface area contributed by atoms with E-state index in [0.29, 0.717) is 23.1 Å². The monoisotopic (exact) mass is 476 g/mol. The van der Waals surface area contributed by atoms with Gasteiger partial charge in [-0.05, 0) is 35.2 Å². The number of carbonyl (C=O) groups is 1. The van der Waals surface area contributed by atoms with Crippen molar-refractivity contribution >= 4 is 23.4 Å². The van der Waals surface area contributed by atoms with Gasteiger partial charge < -0.3 is 14.5 Å². The molecule has 4 rings (SSSR count). The summed E-state index contributed by atoms with van der Waals surface area (Å²) in [5.74, 6) is 2.26. The number of furan rings is 1. The van der Waals surface area contributed by atoms with E-state index in [4.69, 9.17) is 9.15 Å². The molecule has 2 aromatic carbocycles. The van der Waals surface area contributed by atoms with Gasteiger partial charge in [0.1, 0.15) is 11.5 Å². The number of benzene rings is 2. The summed E-state index contributed by atoms with van der Waals surface area (Å²) in [4.78, 5) is 12.6. The van der Waals surface area contributed by atoms with Gasteiger partial charge in [0.15, 0.2) is 11.0 Å². The average molecular weight is 477 g/mol. The molecule has 0 aliphatic carbocycles. The van der Waals surface area contributed by atoms with E-state index in [9.17, 15) is 4.79 Å². The topological polar surface area (TPSA) is 82.2 Å². The number of rotatable bonds is 8. The van der Waals surface area contributed by atoms with Crippen molar-refractivity contribution < 1.29 is 13.9 Å². The Kier molecular flexibility index (Phi) is 7.07. The smallest absolute Gasteiger partial charge is 0.234 e. The quantitative estimate of drug-likeness (QED) is 0.332. The Morgan fingerprint density at radius 3 is 2.56 bits per heavy atom. The van der Waals surface area contributed by atoms with Gasteiger partial charge in [-0.15, -0.1) is 10.2 Å². The molecule has 4 aromatic rings. The first-order valence-electron chi connectivity index (χ1n) is 11.0. The van der Waals surface area contributed by atoms with Crippen LogP contribution in [0.1, 0.15) is 32.1 Å². The molecule has 176 valence electrons. The Hall–Kier alpha value is -3.52. The molecule has 2 heterocycles. The zero-order chi connectivity index (χ0) is 24.1. The van der Waals surface area contributed by atoms with Crippen molar-refractivity contribution in [3.05, 3.63) is 78.3 Å². The second kappa shape index (κ2) is 10.2. The Balaban J connectivity index is 1.53. The number of hydrogen-bond donors (Lipinski definition) is 1. The van der Waals surface area contributed by atoms with E-state index in [1.807, 2.05) is 34.9 Å². The number of thioether (sulfide) groups is 1. The van der Waals surface area contributed by atoms with Crippen molar-refractivity contribution in [1.29, 1.82) is 0 Å². The molecule has 0 aliphatic heterocycles. The summed E-state index contributed by atoms with van der Waals surface area (Å²) in [6, 6.07) is 19.4. The fraction of sp³-hybridized carbons (Fsp3) is 0.269. The van der Waals surface area contributed by atoms with Gasteiger partial charge >= 0.3 is 0 Å². The van der Waals surface area contributed by atoms with Crippen LogP contribution in [0.4, 0.5) is 5.69 Å². The van der Waals surface area contributed by atoms with Crippen LogP contribution in [0.3, 0.4) is 0 Å². The maximum Gasteiger partial charge on any atom is 0.234 e. The van der Waals surface area contributed by atoms with Crippen LogP contribution in [0, 0.1) is 0 Å². The highest BCUT2D eigenvalue weighted by atomic mass is 32.2. The fourth-order valence-electron chi connectivity index (χ4n) is 3.46. The first-order valence-corrected chi connectivity index (χ1v) is 12.0. The standard InChI is InChI=1S/C26H28N4O3S/c1-26(2,3)19-12-10-18(11-13-19)24-28-29-25(30(24)16-22-9-6-14-33-22)34-17-23(31)27-20-7-5-8-21(15-20)32-4/h5-15H,16-17H2,1-4H3,(H,27,31). The van der Waals surface area contributed by atoms with Gasteiger partial charge in [-0.1, -0.05) is 62.9 Å². The lowest BCUT2D eigenvalue weighted by atomic mass is 9.87. The van der Waals surface area contributed by atoms with Gasteiger partial charge in [-0.2, -0.15) is 0 Å². The predicted octanol–water partition coefficient (Wildman–Crippen LogP) is 5.62. The molecule has 0 unspecified atom stereocenters. The second-order valence-corrected chi connectivity index (χ2v) is 9.81. The second-order valence-electron chi connectivity index (χ2n) is 8.87. The fourth-order valence-corrected chi connectivity index (χ4v) is 4.20. The Labute approximate surface area is 203 Å². The minimum atomic E-state index is -0.137. The molecule has 0 bridgehead atoms. The van der Waals surface area contributed by atoms with Crippen LogP contribution in [-0.4, -0.2) is 33.5 Å². The summed E-state index contributed by atoms with van der Waals surface area (Å²) < 4.78 is 12.8. The summed E-state index contributed by atoms with van der Waals surface area (Å²) in [6.45, 7) is 7.03. The number of nitrogens with zero attached hydrogens (tertiary/aromatic N) is 3. The number of methoxy groups -OCH3 is 1. The van der Waals surface area contributed by atoms with Gasteiger partial charge in [0.05, 0.1) is 25.7 Å². The highest BCUT2D eigenvalue weighted by molar-refractivity contribution is 7.99. The highest BCUT2D eigenvalue weighted by Gasteiger charge is 2.19. The summed E-state index contributed by atoms with van der Waals surface area (Å²) in [5.41, 5.74) is 2.95. The predicted molar refractivity (Wildman–Crippen MR) is 134 cm³/mol. The minimum Gasteiger partial charge on any atom is -0.497 e. The van der Waals surface area contributed by atoms with Gasteiger partial charge in [-0.3, -0.25) is 9.36 Å². The average Bonchev–Trinajstić information content (AvgIpc) is 3.48. The summed E-state index contributed by atoms with van der Waals surface area (Å²) in [7, 11) is 1.59. The molecule has 0 aliphatic rings. The third-order valence-electron chi connectivity index (χ3n) is 5.31. The maximum atomic E-state index is 12.6. The van der Waals surface area contributed by atoms with E-state index in [2.05, 4.69) is 60.6 Å². The molecule has 0 saturated carbocycles. The SMILES string of the molecule is COc1cccc(NC(=O)CSc2nnc(-c3ccc(C(C)(C)C)cc3)n2Cc2ccco2)c1. The van der Waals surface area contributed by atoms with Crippen LogP contribution in [0.15, 0.2) is 76.5 Å². The van der Waals surface area contributed by atoms with Crippen LogP contribution >= 0.6 is 11.8 Å². The van der Waals surface area contributed by atoms with Crippen molar-refractivity contribution in [2.24, 2.45) is 0 Å². The molecule has 2 aromatic heterocycles. The van der Waals surface area contributed by atoms with Crippen LogP contribution < -0.4 is 10.1 Å². The van der Waals surface area contributed by atoms with Gasteiger partial charge in [0, 0.05) is 17.3 Å². The van der Waals surface area contributed by atoms with Crippen molar-refractivity contribution in [1.82, 2.24) is 14.8 Å². The Morgan fingerprint density at radius 2 is 1.88 bits per heavy atom. The summed E-state index contributed by atoms with van der Waals surface area (Å²) in [5, 5.41) is 12.4. The number of nitrogens with one attached hydrogen (secondary N) is 1. The molecule has 1 N–H and O–H groups in total. The van der Waals surface area contributed by atoms with E-state index >= 15 is 0 Å². The molecule has 0 atom stereocenters. The number of carbonyl (C=O) groups excluding carboxylic acids is 1. The number of amides is 1. The summed E-state index contributed by atoms with van der Waals surface area (Å²) >= 11 is 1.33. The number of anilines is 1. The largest absolute Gasteiger partial charge is 0.497 e. The van der Waals surface area contributed by atoms with Crippen LogP contribution in [0.25, 0.3) is 11.4 Å². The van der Waals surface area contributed by atoms with E-state index in [1.165, 1.54) is 17.3 Å². The van der Waals surface area contributed by atoms with Crippen molar-refractivity contribution in [3.8, 4) is 17.1 Å². The van der Waals surface area contributed by atoms with E-state index in [0.717, 1.165) is 17.1 Å². The Morgan fingerprint density at radius 1 is 1.09 bits per heavy atom. The number of ether oxygens (including phenoxy) is 1. The minimum absolute atomic E-state index is 0.0670. The molecule has 0 radical (unpaired) electrons. The maximum absolute atomic E-state index is 12.6. The molecule has 8 heteroatoms. The van der Waals surface area contributed by atoms with Crippen LogP contribution in [-0.2, 0) is 16.8 Å². The molecular formula is C26H28N4O3S. The first kappa shape index (κ1) is 23.6. The van der Waals surface area contributed by atoms with Gasteiger partial charge in [0.2, 0.25) is 5.91 Å². The molecule has 0 spiro atoms. The zero-order valence-corrected chi connectivity index (χ0v) is 20.6. The molecule has 0 fully saturated rings. The first-order chi connectivity index (χ1) is 16.3.